The van der Waals surface area contributed by atoms with Gasteiger partial charge in [-0.3, -0.25) is 14.5 Å². The molecule has 43 heavy (non-hydrogen) atoms. The molecule has 3 atom stereocenters. The molecule has 1 heterocycles. The summed E-state index contributed by atoms with van der Waals surface area (Å²) in [6.07, 6.45) is 8.27. The second kappa shape index (κ2) is 13.8. The van der Waals surface area contributed by atoms with Gasteiger partial charge in [0.25, 0.3) is 0 Å². The Labute approximate surface area is 255 Å². The predicted molar refractivity (Wildman–Crippen MR) is 170 cm³/mol. The van der Waals surface area contributed by atoms with Crippen molar-refractivity contribution in [2.24, 2.45) is 5.92 Å². The van der Waals surface area contributed by atoms with E-state index in [1.807, 2.05) is 97.1 Å². The molecule has 0 amide bonds. The Hall–Kier alpha value is -4.28. The van der Waals surface area contributed by atoms with Crippen molar-refractivity contribution >= 4 is 11.8 Å². The van der Waals surface area contributed by atoms with E-state index in [0.717, 1.165) is 47.9 Å². The molecule has 4 aromatic carbocycles. The number of hydrogen-bond donors (Lipinski definition) is 0. The summed E-state index contributed by atoms with van der Waals surface area (Å²) in [5, 5.41) is 0. The van der Waals surface area contributed by atoms with E-state index in [0.29, 0.717) is 12.0 Å². The van der Waals surface area contributed by atoms with Crippen LogP contribution >= 0.6 is 0 Å². The number of allylic oxidation sites excluding steroid dienone is 1. The number of hydrogen-bond acceptors (Lipinski definition) is 4. The fourth-order valence-corrected chi connectivity index (χ4v) is 6.91. The van der Waals surface area contributed by atoms with Crippen LogP contribution in [-0.4, -0.2) is 28.7 Å². The van der Waals surface area contributed by atoms with E-state index in [-0.39, 0.29) is 30.4 Å². The highest BCUT2D eigenvalue weighted by molar-refractivity contribution is 6.03. The number of carbonyl (C=O) groups is 2. The number of esters is 1. The molecular weight excluding hydrogens is 530 g/mol. The molecule has 218 valence electrons. The zero-order valence-corrected chi connectivity index (χ0v) is 24.6. The Morgan fingerprint density at radius 1 is 0.698 bits per heavy atom. The lowest BCUT2D eigenvalue weighted by atomic mass is 9.86. The second-order valence-corrected chi connectivity index (χ2v) is 11.7. The van der Waals surface area contributed by atoms with Gasteiger partial charge in [-0.1, -0.05) is 147 Å². The Balaban J connectivity index is 1.49. The molecule has 0 radical (unpaired) electrons. The average molecular weight is 570 g/mol. The highest BCUT2D eigenvalue weighted by Crippen LogP contribution is 2.49. The SMILES string of the molecule is O=C(OCc1ccccc1)[C@@H]1/C(=C\Cc2ccccc2)[C@@H](C(=O)c2ccccc2)N(C2CCCCC2)[C@@H]1c1ccccc1. The summed E-state index contributed by atoms with van der Waals surface area (Å²) in [4.78, 5) is 31.4. The van der Waals surface area contributed by atoms with Crippen LogP contribution < -0.4 is 0 Å². The molecule has 1 aliphatic carbocycles. The topological polar surface area (TPSA) is 46.6 Å². The van der Waals surface area contributed by atoms with Gasteiger partial charge in [-0.05, 0) is 41.5 Å². The Morgan fingerprint density at radius 3 is 1.88 bits per heavy atom. The smallest absolute Gasteiger partial charge is 0.315 e. The van der Waals surface area contributed by atoms with E-state index in [1.54, 1.807) is 0 Å². The van der Waals surface area contributed by atoms with Crippen LogP contribution in [0.15, 0.2) is 133 Å². The quantitative estimate of drug-likeness (QED) is 0.116. The molecule has 0 bridgehead atoms. The maximum Gasteiger partial charge on any atom is 0.315 e. The third-order valence-corrected chi connectivity index (χ3v) is 8.95. The third kappa shape index (κ3) is 6.55. The highest BCUT2D eigenvalue weighted by Gasteiger charge is 2.54. The van der Waals surface area contributed by atoms with Gasteiger partial charge in [0.1, 0.15) is 6.61 Å². The monoisotopic (exact) mass is 569 g/mol. The van der Waals surface area contributed by atoms with Crippen LogP contribution in [0.25, 0.3) is 0 Å². The van der Waals surface area contributed by atoms with Gasteiger partial charge >= 0.3 is 5.97 Å². The van der Waals surface area contributed by atoms with E-state index in [4.69, 9.17) is 4.74 Å². The number of benzene rings is 4. The van der Waals surface area contributed by atoms with Crippen molar-refractivity contribution in [1.82, 2.24) is 4.90 Å². The number of carbonyl (C=O) groups excluding carboxylic acids is 2. The Kier molecular flexibility index (Phi) is 9.25. The summed E-state index contributed by atoms with van der Waals surface area (Å²) in [6, 6.07) is 39.2. The zero-order chi connectivity index (χ0) is 29.4. The lowest BCUT2D eigenvalue weighted by Gasteiger charge is -2.39. The molecule has 4 heteroatoms. The Morgan fingerprint density at radius 2 is 1.26 bits per heavy atom. The summed E-state index contributed by atoms with van der Waals surface area (Å²) >= 11 is 0. The minimum Gasteiger partial charge on any atom is -0.460 e. The van der Waals surface area contributed by atoms with Crippen LogP contribution in [0.5, 0.6) is 0 Å². The number of Topliss-reactive ketones (excluding diaryl/α,β-unsaturated/α-hetero) is 1. The van der Waals surface area contributed by atoms with E-state index in [1.165, 1.54) is 6.42 Å². The number of rotatable bonds is 9. The highest BCUT2D eigenvalue weighted by atomic mass is 16.5. The first kappa shape index (κ1) is 28.8. The minimum absolute atomic E-state index is 0.0461. The summed E-state index contributed by atoms with van der Waals surface area (Å²) in [6.45, 7) is 0.199. The van der Waals surface area contributed by atoms with Crippen molar-refractivity contribution in [3.05, 3.63) is 155 Å². The molecule has 1 aliphatic heterocycles. The maximum absolute atomic E-state index is 14.6. The first-order chi connectivity index (χ1) is 21.2. The van der Waals surface area contributed by atoms with Gasteiger partial charge in [0.05, 0.1) is 18.0 Å². The number of ether oxygens (including phenoxy) is 1. The third-order valence-electron chi connectivity index (χ3n) is 8.95. The van der Waals surface area contributed by atoms with E-state index >= 15 is 0 Å². The van der Waals surface area contributed by atoms with Crippen LogP contribution in [0.3, 0.4) is 0 Å². The molecule has 6 rings (SSSR count). The molecule has 2 fully saturated rings. The van der Waals surface area contributed by atoms with Crippen molar-refractivity contribution in [3.63, 3.8) is 0 Å². The molecule has 1 saturated heterocycles. The normalized spacial score (nSPS) is 22.0. The number of likely N-dealkylation sites (tertiary alicyclic amines) is 1. The fourth-order valence-electron chi connectivity index (χ4n) is 6.91. The van der Waals surface area contributed by atoms with E-state index in [9.17, 15) is 9.59 Å². The van der Waals surface area contributed by atoms with Crippen LogP contribution in [-0.2, 0) is 22.6 Å². The molecule has 4 aromatic rings. The lowest BCUT2D eigenvalue weighted by molar-refractivity contribution is -0.149. The van der Waals surface area contributed by atoms with Crippen molar-refractivity contribution in [2.75, 3.05) is 0 Å². The van der Waals surface area contributed by atoms with Gasteiger partial charge in [0.2, 0.25) is 0 Å². The first-order valence-corrected chi connectivity index (χ1v) is 15.6. The minimum atomic E-state index is -0.602. The molecule has 0 unspecified atom stereocenters. The van der Waals surface area contributed by atoms with Crippen LogP contribution in [0.1, 0.15) is 65.2 Å². The summed E-state index contributed by atoms with van der Waals surface area (Å²) in [7, 11) is 0. The molecule has 0 N–H and O–H groups in total. The van der Waals surface area contributed by atoms with Gasteiger partial charge in [0.15, 0.2) is 5.78 Å². The molecule has 1 saturated carbocycles. The van der Waals surface area contributed by atoms with Crippen LogP contribution in [0.4, 0.5) is 0 Å². The summed E-state index contributed by atoms with van der Waals surface area (Å²) in [5.41, 5.74) is 4.66. The van der Waals surface area contributed by atoms with Gasteiger partial charge < -0.3 is 4.74 Å². The number of nitrogens with zero attached hydrogens (tertiary/aromatic N) is 1. The summed E-state index contributed by atoms with van der Waals surface area (Å²) < 4.78 is 6.10. The van der Waals surface area contributed by atoms with Gasteiger partial charge in [-0.25, -0.2) is 0 Å². The van der Waals surface area contributed by atoms with Crippen LogP contribution in [0, 0.1) is 5.92 Å². The maximum atomic E-state index is 14.6. The zero-order valence-electron chi connectivity index (χ0n) is 24.6. The molecule has 0 aromatic heterocycles. The largest absolute Gasteiger partial charge is 0.460 e. The molecule has 2 aliphatic rings. The van der Waals surface area contributed by atoms with Crippen LogP contribution in [0.2, 0.25) is 0 Å². The average Bonchev–Trinajstić information content (AvgIpc) is 3.43. The van der Waals surface area contributed by atoms with Gasteiger partial charge in [-0.2, -0.15) is 0 Å². The van der Waals surface area contributed by atoms with Gasteiger partial charge in [-0.15, -0.1) is 0 Å². The lowest BCUT2D eigenvalue weighted by Crippen LogP contribution is -2.46. The van der Waals surface area contributed by atoms with Crippen molar-refractivity contribution in [1.29, 1.82) is 0 Å². The Bertz CT molecular complexity index is 1510. The standard InChI is InChI=1S/C39H39NO3/c41-38(32-22-12-4-13-23-32)37-34(27-26-29-16-6-1-7-17-29)35(39(42)43-28-30-18-8-2-9-19-30)36(31-20-10-3-11-21-31)40(37)33-24-14-5-15-25-33/h1-4,6-13,16-23,27,33,35-37H,5,14-15,24-26,28H2/b34-27+/t35-,36-,37+/m1/s1. The van der Waals surface area contributed by atoms with Crippen molar-refractivity contribution < 1.29 is 14.3 Å². The van der Waals surface area contributed by atoms with E-state index in [2.05, 4.69) is 35.2 Å². The molecular formula is C39H39NO3. The predicted octanol–water partition coefficient (Wildman–Crippen LogP) is 8.16. The fraction of sp³-hybridized carbons (Fsp3) is 0.282. The van der Waals surface area contributed by atoms with Crippen molar-refractivity contribution in [2.45, 2.75) is 63.3 Å². The van der Waals surface area contributed by atoms with E-state index < -0.39 is 12.0 Å². The van der Waals surface area contributed by atoms with Crippen molar-refractivity contribution in [3.8, 4) is 0 Å². The molecule has 4 nitrogen and oxygen atoms in total. The first-order valence-electron chi connectivity index (χ1n) is 15.6. The second-order valence-electron chi connectivity index (χ2n) is 11.7. The summed E-state index contributed by atoms with van der Waals surface area (Å²) in [5.74, 6) is -0.833. The molecule has 0 spiro atoms. The van der Waals surface area contributed by atoms with Gasteiger partial charge in [0, 0.05) is 11.6 Å². The number of ketones is 1.